The predicted molar refractivity (Wildman–Crippen MR) is 83.5 cm³/mol. The van der Waals surface area contributed by atoms with Crippen molar-refractivity contribution < 1.29 is 0 Å². The van der Waals surface area contributed by atoms with E-state index < -0.39 is 0 Å². The van der Waals surface area contributed by atoms with Crippen molar-refractivity contribution in [2.24, 2.45) is 5.73 Å². The second-order valence-electron chi connectivity index (χ2n) is 5.75. The number of hydrogen-bond acceptors (Lipinski definition) is 2. The summed E-state index contributed by atoms with van der Waals surface area (Å²) in [5.74, 6) is 0.440. The van der Waals surface area contributed by atoms with Crippen molar-refractivity contribution in [1.29, 1.82) is 0 Å². The Balaban J connectivity index is 1.75. The van der Waals surface area contributed by atoms with Crippen molar-refractivity contribution >= 4 is 0 Å². The second kappa shape index (κ2) is 5.78. The van der Waals surface area contributed by atoms with E-state index in [1.165, 1.54) is 11.1 Å². The number of hydrogen-bond donors (Lipinski definition) is 1. The minimum atomic E-state index is 0.209. The van der Waals surface area contributed by atoms with E-state index >= 15 is 0 Å². The molecule has 0 bridgehead atoms. The van der Waals surface area contributed by atoms with Crippen molar-refractivity contribution in [1.82, 2.24) is 4.90 Å². The standard InChI is InChI=1S/C18H22N2/c1-14-18(19)17(16-10-6-3-7-11-16)13-20(14)12-15-8-4-2-5-9-15/h2-11,14,17-18H,12-13,19H2,1H3/t14-,17-,18-/m0/s1. The minimum Gasteiger partial charge on any atom is -0.326 e. The van der Waals surface area contributed by atoms with Crippen LogP contribution in [0.3, 0.4) is 0 Å². The van der Waals surface area contributed by atoms with Crippen LogP contribution in [0.2, 0.25) is 0 Å². The fourth-order valence-electron chi connectivity index (χ4n) is 3.17. The normalized spacial score (nSPS) is 26.8. The number of likely N-dealkylation sites (tertiary alicyclic amines) is 1. The zero-order valence-corrected chi connectivity index (χ0v) is 11.9. The van der Waals surface area contributed by atoms with Gasteiger partial charge in [0.25, 0.3) is 0 Å². The Labute approximate surface area is 121 Å². The van der Waals surface area contributed by atoms with E-state index in [0.29, 0.717) is 12.0 Å². The van der Waals surface area contributed by atoms with Gasteiger partial charge in [0.2, 0.25) is 0 Å². The summed E-state index contributed by atoms with van der Waals surface area (Å²) in [5, 5.41) is 0. The molecule has 20 heavy (non-hydrogen) atoms. The monoisotopic (exact) mass is 266 g/mol. The number of rotatable bonds is 3. The van der Waals surface area contributed by atoms with Gasteiger partial charge in [0.15, 0.2) is 0 Å². The first-order chi connectivity index (χ1) is 9.75. The molecule has 2 aromatic rings. The summed E-state index contributed by atoms with van der Waals surface area (Å²) in [6.45, 7) is 4.27. The summed E-state index contributed by atoms with van der Waals surface area (Å²) in [7, 11) is 0. The van der Waals surface area contributed by atoms with E-state index in [-0.39, 0.29) is 6.04 Å². The number of nitrogens with two attached hydrogens (primary N) is 1. The third kappa shape index (κ3) is 2.62. The maximum Gasteiger partial charge on any atom is 0.0276 e. The molecule has 2 N–H and O–H groups in total. The van der Waals surface area contributed by atoms with Gasteiger partial charge in [-0.3, -0.25) is 4.90 Å². The molecule has 0 amide bonds. The van der Waals surface area contributed by atoms with Gasteiger partial charge in [-0.05, 0) is 18.1 Å². The Morgan fingerprint density at radius 2 is 1.60 bits per heavy atom. The Bertz CT molecular complexity index is 538. The highest BCUT2D eigenvalue weighted by Gasteiger charge is 2.37. The molecule has 1 aliphatic rings. The first-order valence-corrected chi connectivity index (χ1v) is 7.34. The maximum atomic E-state index is 6.46. The van der Waals surface area contributed by atoms with Gasteiger partial charge in [-0.1, -0.05) is 60.7 Å². The lowest BCUT2D eigenvalue weighted by atomic mass is 9.92. The Morgan fingerprint density at radius 3 is 2.25 bits per heavy atom. The van der Waals surface area contributed by atoms with Crippen molar-refractivity contribution in [2.75, 3.05) is 6.54 Å². The molecule has 2 aromatic carbocycles. The summed E-state index contributed by atoms with van der Waals surface area (Å²) >= 11 is 0. The molecule has 0 spiro atoms. The van der Waals surface area contributed by atoms with E-state index in [1.807, 2.05) is 0 Å². The lowest BCUT2D eigenvalue weighted by Crippen LogP contribution is -2.37. The predicted octanol–water partition coefficient (Wildman–Crippen LogP) is 3.00. The molecule has 1 fully saturated rings. The van der Waals surface area contributed by atoms with Gasteiger partial charge < -0.3 is 5.73 Å². The van der Waals surface area contributed by atoms with Gasteiger partial charge in [-0.2, -0.15) is 0 Å². The molecular weight excluding hydrogens is 244 g/mol. The molecule has 0 unspecified atom stereocenters. The van der Waals surface area contributed by atoms with Crippen LogP contribution in [0.25, 0.3) is 0 Å². The van der Waals surface area contributed by atoms with E-state index in [4.69, 9.17) is 5.73 Å². The zero-order valence-electron chi connectivity index (χ0n) is 11.9. The SMILES string of the molecule is C[C@H]1[C@H](N)[C@H](c2ccccc2)CN1Cc1ccccc1. The molecule has 3 atom stereocenters. The van der Waals surface area contributed by atoms with Crippen LogP contribution in [0.5, 0.6) is 0 Å². The molecule has 2 nitrogen and oxygen atoms in total. The topological polar surface area (TPSA) is 29.3 Å². The van der Waals surface area contributed by atoms with Crippen LogP contribution in [-0.2, 0) is 6.54 Å². The van der Waals surface area contributed by atoms with Gasteiger partial charge >= 0.3 is 0 Å². The molecule has 0 radical (unpaired) electrons. The van der Waals surface area contributed by atoms with Crippen LogP contribution in [0.1, 0.15) is 24.0 Å². The summed E-state index contributed by atoms with van der Waals surface area (Å²) in [5.41, 5.74) is 9.18. The maximum absolute atomic E-state index is 6.46. The molecule has 0 aliphatic carbocycles. The van der Waals surface area contributed by atoms with Crippen LogP contribution < -0.4 is 5.73 Å². The van der Waals surface area contributed by atoms with E-state index in [1.54, 1.807) is 0 Å². The van der Waals surface area contributed by atoms with Gasteiger partial charge in [0, 0.05) is 31.1 Å². The highest BCUT2D eigenvalue weighted by atomic mass is 15.2. The lowest BCUT2D eigenvalue weighted by molar-refractivity contribution is 0.251. The molecule has 2 heteroatoms. The molecular formula is C18H22N2. The fraction of sp³-hybridized carbons (Fsp3) is 0.333. The number of benzene rings is 2. The van der Waals surface area contributed by atoms with Crippen LogP contribution >= 0.6 is 0 Å². The molecule has 1 heterocycles. The fourth-order valence-corrected chi connectivity index (χ4v) is 3.17. The first-order valence-electron chi connectivity index (χ1n) is 7.34. The average molecular weight is 266 g/mol. The quantitative estimate of drug-likeness (QED) is 0.925. The van der Waals surface area contributed by atoms with Crippen molar-refractivity contribution in [3.05, 3.63) is 71.8 Å². The molecule has 3 rings (SSSR count). The molecule has 0 aromatic heterocycles. The molecule has 104 valence electrons. The second-order valence-corrected chi connectivity index (χ2v) is 5.75. The van der Waals surface area contributed by atoms with E-state index in [0.717, 1.165) is 13.1 Å². The van der Waals surface area contributed by atoms with Crippen LogP contribution in [-0.4, -0.2) is 23.5 Å². The van der Waals surface area contributed by atoms with Gasteiger partial charge in [-0.15, -0.1) is 0 Å². The van der Waals surface area contributed by atoms with Crippen LogP contribution in [0.4, 0.5) is 0 Å². The van der Waals surface area contributed by atoms with Gasteiger partial charge in [-0.25, -0.2) is 0 Å². The van der Waals surface area contributed by atoms with E-state index in [9.17, 15) is 0 Å². The zero-order chi connectivity index (χ0) is 13.9. The van der Waals surface area contributed by atoms with Crippen molar-refractivity contribution in [3.8, 4) is 0 Å². The summed E-state index contributed by atoms with van der Waals surface area (Å²) in [6.07, 6.45) is 0. The molecule has 0 saturated carbocycles. The average Bonchev–Trinajstić information content (AvgIpc) is 2.78. The Kier molecular flexibility index (Phi) is 3.86. The largest absolute Gasteiger partial charge is 0.326 e. The Morgan fingerprint density at radius 1 is 1.00 bits per heavy atom. The summed E-state index contributed by atoms with van der Waals surface area (Å²) in [6, 6.07) is 21.9. The van der Waals surface area contributed by atoms with Gasteiger partial charge in [0.05, 0.1) is 0 Å². The van der Waals surface area contributed by atoms with Crippen LogP contribution in [0.15, 0.2) is 60.7 Å². The molecule has 1 saturated heterocycles. The number of nitrogens with zero attached hydrogens (tertiary/aromatic N) is 1. The highest BCUT2D eigenvalue weighted by molar-refractivity contribution is 5.25. The van der Waals surface area contributed by atoms with Crippen molar-refractivity contribution in [2.45, 2.75) is 31.5 Å². The molecule has 1 aliphatic heterocycles. The summed E-state index contributed by atoms with van der Waals surface area (Å²) < 4.78 is 0. The van der Waals surface area contributed by atoms with Crippen LogP contribution in [0, 0.1) is 0 Å². The minimum absolute atomic E-state index is 0.209. The Hall–Kier alpha value is -1.64. The first kappa shape index (κ1) is 13.3. The lowest BCUT2D eigenvalue weighted by Gasteiger charge is -2.22. The third-order valence-electron chi connectivity index (χ3n) is 4.49. The highest BCUT2D eigenvalue weighted by Crippen LogP contribution is 2.31. The van der Waals surface area contributed by atoms with Crippen molar-refractivity contribution in [3.63, 3.8) is 0 Å². The smallest absolute Gasteiger partial charge is 0.0276 e. The van der Waals surface area contributed by atoms with E-state index in [2.05, 4.69) is 72.5 Å². The third-order valence-corrected chi connectivity index (χ3v) is 4.49. The summed E-state index contributed by atoms with van der Waals surface area (Å²) in [4.78, 5) is 2.50. The van der Waals surface area contributed by atoms with Gasteiger partial charge in [0.1, 0.15) is 0 Å².